The number of aliphatic hydroxyl groups excluding tert-OH is 1. The second-order valence-corrected chi connectivity index (χ2v) is 3.07. The van der Waals surface area contributed by atoms with E-state index in [1.807, 2.05) is 0 Å². The SMILES string of the molecule is CC(F)(F)Oc1cnc(Cl)cc1CO. The first-order valence-corrected chi connectivity index (χ1v) is 4.12. The topological polar surface area (TPSA) is 42.4 Å². The number of nitrogens with zero attached hydrogens (tertiary/aromatic N) is 1. The van der Waals surface area contributed by atoms with Crippen molar-refractivity contribution in [2.24, 2.45) is 0 Å². The Morgan fingerprint density at radius 2 is 2.29 bits per heavy atom. The van der Waals surface area contributed by atoms with Gasteiger partial charge in [-0.15, -0.1) is 0 Å². The molecule has 0 atom stereocenters. The predicted molar refractivity (Wildman–Crippen MR) is 46.4 cm³/mol. The number of hydrogen-bond donors (Lipinski definition) is 1. The summed E-state index contributed by atoms with van der Waals surface area (Å²) in [5.74, 6) is -0.176. The van der Waals surface area contributed by atoms with E-state index in [2.05, 4.69) is 9.72 Å². The maximum atomic E-state index is 12.5. The Morgan fingerprint density at radius 3 is 2.79 bits per heavy atom. The molecule has 1 N–H and O–H groups in total. The van der Waals surface area contributed by atoms with Gasteiger partial charge in [-0.25, -0.2) is 4.98 Å². The molecule has 0 bridgehead atoms. The zero-order chi connectivity index (χ0) is 10.8. The van der Waals surface area contributed by atoms with Gasteiger partial charge in [-0.2, -0.15) is 8.78 Å². The van der Waals surface area contributed by atoms with Crippen LogP contribution >= 0.6 is 11.6 Å². The minimum atomic E-state index is -3.31. The Balaban J connectivity index is 2.97. The van der Waals surface area contributed by atoms with Gasteiger partial charge in [-0.1, -0.05) is 11.6 Å². The highest BCUT2D eigenvalue weighted by molar-refractivity contribution is 6.29. The van der Waals surface area contributed by atoms with Crippen molar-refractivity contribution in [3.63, 3.8) is 0 Å². The Morgan fingerprint density at radius 1 is 1.64 bits per heavy atom. The Hall–Kier alpha value is -0.940. The van der Waals surface area contributed by atoms with Crippen LogP contribution in [0, 0.1) is 0 Å². The summed E-state index contributed by atoms with van der Waals surface area (Å²) >= 11 is 5.50. The van der Waals surface area contributed by atoms with Gasteiger partial charge >= 0.3 is 6.11 Å². The number of ether oxygens (including phenoxy) is 1. The minimum Gasteiger partial charge on any atom is -0.431 e. The van der Waals surface area contributed by atoms with Crippen LogP contribution in [-0.2, 0) is 6.61 Å². The van der Waals surface area contributed by atoms with Crippen LogP contribution in [0.3, 0.4) is 0 Å². The molecular formula is C8H8ClF2NO2. The van der Waals surface area contributed by atoms with Crippen LogP contribution in [0.2, 0.25) is 5.15 Å². The van der Waals surface area contributed by atoms with E-state index < -0.39 is 12.7 Å². The lowest BCUT2D eigenvalue weighted by molar-refractivity contribution is -0.159. The number of aromatic nitrogens is 1. The van der Waals surface area contributed by atoms with Crippen LogP contribution in [0.25, 0.3) is 0 Å². The molecule has 3 nitrogen and oxygen atoms in total. The molecule has 6 heteroatoms. The number of aliphatic hydroxyl groups is 1. The fourth-order valence-corrected chi connectivity index (χ4v) is 1.04. The summed E-state index contributed by atoms with van der Waals surface area (Å²) in [6.07, 6.45) is -2.26. The minimum absolute atomic E-state index is 0.112. The Kier molecular flexibility index (Phi) is 3.23. The average molecular weight is 224 g/mol. The lowest BCUT2D eigenvalue weighted by Gasteiger charge is -2.14. The molecule has 1 aromatic rings. The molecule has 1 aromatic heterocycles. The quantitative estimate of drug-likeness (QED) is 0.799. The van der Waals surface area contributed by atoms with Gasteiger partial charge in [0.2, 0.25) is 0 Å². The second-order valence-electron chi connectivity index (χ2n) is 2.68. The molecule has 1 rings (SSSR count). The highest BCUT2D eigenvalue weighted by atomic mass is 35.5. The summed E-state index contributed by atoms with van der Waals surface area (Å²) in [7, 11) is 0. The number of rotatable bonds is 3. The van der Waals surface area contributed by atoms with Crippen LogP contribution in [0.5, 0.6) is 5.75 Å². The first kappa shape index (κ1) is 11.1. The van der Waals surface area contributed by atoms with Crippen molar-refractivity contribution in [3.05, 3.63) is 23.0 Å². The highest BCUT2D eigenvalue weighted by Crippen LogP contribution is 2.25. The number of hydrogen-bond acceptors (Lipinski definition) is 3. The van der Waals surface area contributed by atoms with Crippen molar-refractivity contribution >= 4 is 11.6 Å². The van der Waals surface area contributed by atoms with Crippen LogP contribution in [0.1, 0.15) is 12.5 Å². The van der Waals surface area contributed by atoms with Gasteiger partial charge in [0.25, 0.3) is 0 Å². The van der Waals surface area contributed by atoms with Gasteiger partial charge < -0.3 is 9.84 Å². The first-order chi connectivity index (χ1) is 6.42. The van der Waals surface area contributed by atoms with E-state index in [4.69, 9.17) is 16.7 Å². The van der Waals surface area contributed by atoms with Crippen molar-refractivity contribution in [1.82, 2.24) is 4.98 Å². The van der Waals surface area contributed by atoms with Gasteiger partial charge in [0, 0.05) is 12.5 Å². The summed E-state index contributed by atoms with van der Waals surface area (Å²) < 4.78 is 29.2. The predicted octanol–water partition coefficient (Wildman–Crippen LogP) is 2.22. The van der Waals surface area contributed by atoms with E-state index in [1.54, 1.807) is 0 Å². The number of alkyl halides is 2. The monoisotopic (exact) mass is 223 g/mol. The summed E-state index contributed by atoms with van der Waals surface area (Å²) in [6, 6.07) is 1.27. The largest absolute Gasteiger partial charge is 0.431 e. The summed E-state index contributed by atoms with van der Waals surface area (Å²) in [5.41, 5.74) is 0.173. The third-order valence-corrected chi connectivity index (χ3v) is 1.58. The molecule has 0 fully saturated rings. The molecule has 0 aliphatic rings. The van der Waals surface area contributed by atoms with Crippen molar-refractivity contribution in [2.45, 2.75) is 19.6 Å². The lowest BCUT2D eigenvalue weighted by atomic mass is 10.2. The Bertz CT molecular complexity index is 328. The zero-order valence-corrected chi connectivity index (χ0v) is 8.05. The number of pyridine rings is 1. The van der Waals surface area contributed by atoms with Crippen molar-refractivity contribution in [3.8, 4) is 5.75 Å². The molecule has 0 aliphatic carbocycles. The fourth-order valence-electron chi connectivity index (χ4n) is 0.864. The van der Waals surface area contributed by atoms with E-state index in [-0.39, 0.29) is 16.5 Å². The molecule has 14 heavy (non-hydrogen) atoms. The van der Waals surface area contributed by atoms with E-state index in [0.29, 0.717) is 6.92 Å². The van der Waals surface area contributed by atoms with Gasteiger partial charge in [-0.3, -0.25) is 0 Å². The van der Waals surface area contributed by atoms with Gasteiger partial charge in [0.1, 0.15) is 10.9 Å². The standard InChI is InChI=1S/C8H8ClF2NO2/c1-8(10,11)14-6-3-12-7(9)2-5(6)4-13/h2-3,13H,4H2,1H3. The molecule has 0 aliphatic heterocycles. The van der Waals surface area contributed by atoms with E-state index in [9.17, 15) is 8.78 Å². The van der Waals surface area contributed by atoms with Crippen molar-refractivity contribution in [2.75, 3.05) is 0 Å². The molecule has 0 saturated carbocycles. The average Bonchev–Trinajstić information content (AvgIpc) is 2.06. The summed E-state index contributed by atoms with van der Waals surface area (Å²) in [4.78, 5) is 3.57. The molecule has 0 spiro atoms. The third-order valence-electron chi connectivity index (χ3n) is 1.37. The fraction of sp³-hybridized carbons (Fsp3) is 0.375. The van der Waals surface area contributed by atoms with E-state index in [0.717, 1.165) is 6.20 Å². The summed E-state index contributed by atoms with van der Waals surface area (Å²) in [6.45, 7) is 0.163. The van der Waals surface area contributed by atoms with Gasteiger partial charge in [0.15, 0.2) is 0 Å². The molecule has 0 unspecified atom stereocenters. The highest BCUT2D eigenvalue weighted by Gasteiger charge is 2.24. The van der Waals surface area contributed by atoms with Crippen molar-refractivity contribution < 1.29 is 18.6 Å². The van der Waals surface area contributed by atoms with Crippen LogP contribution in [0.15, 0.2) is 12.3 Å². The molecule has 1 heterocycles. The third kappa shape index (κ3) is 3.08. The van der Waals surface area contributed by atoms with E-state index in [1.165, 1.54) is 6.07 Å². The maximum absolute atomic E-state index is 12.5. The zero-order valence-electron chi connectivity index (χ0n) is 7.30. The lowest BCUT2D eigenvalue weighted by Crippen LogP contribution is -2.20. The smallest absolute Gasteiger partial charge is 0.394 e. The maximum Gasteiger partial charge on any atom is 0.394 e. The molecule has 0 radical (unpaired) electrons. The molecule has 78 valence electrons. The van der Waals surface area contributed by atoms with Gasteiger partial charge in [0.05, 0.1) is 12.8 Å². The Labute approximate surface area is 84.3 Å². The molecule has 0 aromatic carbocycles. The normalized spacial score (nSPS) is 11.5. The second kappa shape index (κ2) is 4.06. The first-order valence-electron chi connectivity index (χ1n) is 3.74. The molecule has 0 saturated heterocycles. The molecular weight excluding hydrogens is 216 g/mol. The van der Waals surface area contributed by atoms with Crippen LogP contribution < -0.4 is 4.74 Å². The number of halogens is 3. The van der Waals surface area contributed by atoms with Crippen LogP contribution in [0.4, 0.5) is 8.78 Å². The molecule has 0 amide bonds. The van der Waals surface area contributed by atoms with Crippen molar-refractivity contribution in [1.29, 1.82) is 0 Å². The summed E-state index contributed by atoms with van der Waals surface area (Å²) in [5, 5.41) is 8.94. The van der Waals surface area contributed by atoms with Crippen LogP contribution in [-0.4, -0.2) is 16.2 Å². The van der Waals surface area contributed by atoms with Gasteiger partial charge in [-0.05, 0) is 6.07 Å². The van der Waals surface area contributed by atoms with E-state index >= 15 is 0 Å².